The number of carboxylic acids is 1. The van der Waals surface area contributed by atoms with E-state index >= 15 is 0 Å². The molecule has 1 fully saturated rings. The Kier molecular flexibility index (Phi) is 4.39. The fraction of sp³-hybridized carbons (Fsp3) is 0.385. The summed E-state index contributed by atoms with van der Waals surface area (Å²) in [5.74, 6) is -1.26. The molecule has 0 saturated carbocycles. The van der Waals surface area contributed by atoms with Gasteiger partial charge in [-0.05, 0) is 37.6 Å². The maximum atomic E-state index is 12.0. The Morgan fingerprint density at radius 1 is 1.37 bits per heavy atom. The molecule has 19 heavy (non-hydrogen) atoms. The van der Waals surface area contributed by atoms with Crippen molar-refractivity contribution < 1.29 is 14.7 Å². The van der Waals surface area contributed by atoms with Crippen LogP contribution in [0.4, 0.5) is 5.69 Å². The quantitative estimate of drug-likeness (QED) is 0.792. The highest BCUT2D eigenvalue weighted by atomic mass is 35.5. The summed E-state index contributed by atoms with van der Waals surface area (Å²) in [6.07, 6.45) is 1.80. The fourth-order valence-electron chi connectivity index (χ4n) is 2.11. The molecule has 1 saturated heterocycles. The highest BCUT2D eigenvalue weighted by Gasteiger charge is 2.21. The Bertz CT molecular complexity index is 499. The summed E-state index contributed by atoms with van der Waals surface area (Å²) in [6.45, 7) is 1.59. The van der Waals surface area contributed by atoms with Gasteiger partial charge in [0, 0.05) is 17.3 Å². The van der Waals surface area contributed by atoms with Gasteiger partial charge in [-0.25, -0.2) is 4.79 Å². The zero-order valence-electron chi connectivity index (χ0n) is 10.3. The number of hydrogen-bond acceptors (Lipinski definition) is 3. The summed E-state index contributed by atoms with van der Waals surface area (Å²) in [5, 5.41) is 15.1. The molecule has 0 bridgehead atoms. The van der Waals surface area contributed by atoms with E-state index in [1.54, 1.807) is 6.07 Å². The molecular weight excluding hydrogens is 268 g/mol. The number of carbonyl (C=O) groups excluding carboxylic acids is 1. The van der Waals surface area contributed by atoms with Crippen LogP contribution >= 0.6 is 11.6 Å². The number of rotatable bonds is 3. The zero-order chi connectivity index (χ0) is 13.8. The Morgan fingerprint density at radius 2 is 2.16 bits per heavy atom. The number of piperidine rings is 1. The maximum Gasteiger partial charge on any atom is 0.335 e. The van der Waals surface area contributed by atoms with Gasteiger partial charge < -0.3 is 15.7 Å². The molecule has 5 nitrogen and oxygen atoms in total. The van der Waals surface area contributed by atoms with Crippen molar-refractivity contribution in [2.75, 3.05) is 18.4 Å². The minimum absolute atomic E-state index is 0.0598. The van der Waals surface area contributed by atoms with E-state index in [-0.39, 0.29) is 22.4 Å². The van der Waals surface area contributed by atoms with Gasteiger partial charge in [-0.15, -0.1) is 0 Å². The minimum Gasteiger partial charge on any atom is -0.478 e. The van der Waals surface area contributed by atoms with E-state index < -0.39 is 5.97 Å². The summed E-state index contributed by atoms with van der Waals surface area (Å²) in [5.41, 5.74) is 0.477. The average molecular weight is 283 g/mol. The van der Waals surface area contributed by atoms with Crippen molar-refractivity contribution in [3.8, 4) is 0 Å². The highest BCUT2D eigenvalue weighted by Crippen LogP contribution is 2.21. The second kappa shape index (κ2) is 6.04. The number of carboxylic acid groups (broad SMARTS) is 1. The molecule has 1 aromatic rings. The van der Waals surface area contributed by atoms with Crippen molar-refractivity contribution in [2.45, 2.75) is 12.8 Å². The van der Waals surface area contributed by atoms with Gasteiger partial charge in [0.1, 0.15) is 0 Å². The van der Waals surface area contributed by atoms with Gasteiger partial charge in [0.25, 0.3) is 0 Å². The lowest BCUT2D eigenvalue weighted by molar-refractivity contribution is -0.120. The van der Waals surface area contributed by atoms with E-state index in [9.17, 15) is 9.59 Å². The van der Waals surface area contributed by atoms with Crippen molar-refractivity contribution in [1.82, 2.24) is 5.32 Å². The molecule has 6 heteroatoms. The topological polar surface area (TPSA) is 78.4 Å². The summed E-state index contributed by atoms with van der Waals surface area (Å²) >= 11 is 5.84. The predicted octanol–water partition coefficient (Wildman–Crippen LogP) is 1.98. The van der Waals surface area contributed by atoms with Crippen LogP contribution in [0.2, 0.25) is 5.02 Å². The van der Waals surface area contributed by atoms with Gasteiger partial charge in [-0.1, -0.05) is 11.6 Å². The van der Waals surface area contributed by atoms with Crippen molar-refractivity contribution in [2.24, 2.45) is 5.92 Å². The number of aromatic carboxylic acids is 1. The molecule has 1 aliphatic heterocycles. The highest BCUT2D eigenvalue weighted by molar-refractivity contribution is 6.31. The predicted molar refractivity (Wildman–Crippen MR) is 72.6 cm³/mol. The van der Waals surface area contributed by atoms with Gasteiger partial charge in [-0.2, -0.15) is 0 Å². The van der Waals surface area contributed by atoms with Crippen molar-refractivity contribution in [1.29, 1.82) is 0 Å². The molecule has 1 amide bonds. The smallest absolute Gasteiger partial charge is 0.335 e. The van der Waals surface area contributed by atoms with Crippen molar-refractivity contribution in [3.63, 3.8) is 0 Å². The molecule has 1 unspecified atom stereocenters. The van der Waals surface area contributed by atoms with Crippen LogP contribution in [0.1, 0.15) is 23.2 Å². The van der Waals surface area contributed by atoms with Gasteiger partial charge in [-0.3, -0.25) is 4.79 Å². The van der Waals surface area contributed by atoms with Crippen LogP contribution in [0.15, 0.2) is 18.2 Å². The normalized spacial score (nSPS) is 18.9. The van der Waals surface area contributed by atoms with Gasteiger partial charge in [0.15, 0.2) is 0 Å². The average Bonchev–Trinajstić information content (AvgIpc) is 2.39. The van der Waals surface area contributed by atoms with Gasteiger partial charge in [0.05, 0.1) is 11.5 Å². The molecule has 2 rings (SSSR count). The lowest BCUT2D eigenvalue weighted by Gasteiger charge is -2.22. The Labute approximate surface area is 116 Å². The molecule has 1 aromatic carbocycles. The molecule has 102 valence electrons. The van der Waals surface area contributed by atoms with E-state index in [1.807, 2.05) is 0 Å². The summed E-state index contributed by atoms with van der Waals surface area (Å²) in [7, 11) is 0. The van der Waals surface area contributed by atoms with Crippen LogP contribution in [0, 0.1) is 5.92 Å². The zero-order valence-corrected chi connectivity index (χ0v) is 11.0. The standard InChI is InChI=1S/C13H15ClN2O3/c14-10-4-9(13(18)19)5-11(6-10)16-12(17)8-2-1-3-15-7-8/h4-6,8,15H,1-3,7H2,(H,16,17)(H,18,19). The molecule has 0 spiro atoms. The Balaban J connectivity index is 2.09. The van der Waals surface area contributed by atoms with E-state index in [0.717, 1.165) is 19.4 Å². The van der Waals surface area contributed by atoms with E-state index in [1.165, 1.54) is 12.1 Å². The lowest BCUT2D eigenvalue weighted by Crippen LogP contribution is -2.37. The maximum absolute atomic E-state index is 12.0. The van der Waals surface area contributed by atoms with Crippen LogP contribution in [-0.4, -0.2) is 30.1 Å². The third-order valence-corrected chi connectivity index (χ3v) is 3.30. The summed E-state index contributed by atoms with van der Waals surface area (Å²) in [6, 6.07) is 4.30. The van der Waals surface area contributed by atoms with Crippen LogP contribution in [0.25, 0.3) is 0 Å². The fourth-order valence-corrected chi connectivity index (χ4v) is 2.34. The van der Waals surface area contributed by atoms with Gasteiger partial charge in [0.2, 0.25) is 5.91 Å². The first kappa shape index (κ1) is 13.8. The first-order chi connectivity index (χ1) is 9.06. The number of benzene rings is 1. The van der Waals surface area contributed by atoms with E-state index in [4.69, 9.17) is 16.7 Å². The molecule has 0 aliphatic carbocycles. The van der Waals surface area contributed by atoms with E-state index in [2.05, 4.69) is 10.6 Å². The number of halogens is 1. The SMILES string of the molecule is O=C(O)c1cc(Cl)cc(NC(=O)C2CCCNC2)c1. The third-order valence-electron chi connectivity index (χ3n) is 3.08. The largest absolute Gasteiger partial charge is 0.478 e. The van der Waals surface area contributed by atoms with Gasteiger partial charge >= 0.3 is 5.97 Å². The minimum atomic E-state index is -1.07. The molecule has 0 aromatic heterocycles. The second-order valence-corrected chi connectivity index (χ2v) is 5.00. The summed E-state index contributed by atoms with van der Waals surface area (Å²) < 4.78 is 0. The van der Waals surface area contributed by atoms with Crippen molar-refractivity contribution in [3.05, 3.63) is 28.8 Å². The molecule has 0 radical (unpaired) electrons. The molecular formula is C13H15ClN2O3. The molecule has 1 atom stereocenters. The molecule has 3 N–H and O–H groups in total. The van der Waals surface area contributed by atoms with Crippen LogP contribution < -0.4 is 10.6 Å². The number of anilines is 1. The first-order valence-corrected chi connectivity index (χ1v) is 6.49. The van der Waals surface area contributed by atoms with E-state index in [0.29, 0.717) is 12.2 Å². The second-order valence-electron chi connectivity index (χ2n) is 4.57. The lowest BCUT2D eigenvalue weighted by atomic mass is 9.99. The first-order valence-electron chi connectivity index (χ1n) is 6.12. The van der Waals surface area contributed by atoms with Crippen LogP contribution in [0.3, 0.4) is 0 Å². The third kappa shape index (κ3) is 3.68. The van der Waals surface area contributed by atoms with Crippen LogP contribution in [0.5, 0.6) is 0 Å². The number of hydrogen-bond donors (Lipinski definition) is 3. The molecule has 1 aliphatic rings. The number of amides is 1. The number of nitrogens with one attached hydrogen (secondary N) is 2. The monoisotopic (exact) mass is 282 g/mol. The molecule has 1 heterocycles. The number of carbonyl (C=O) groups is 2. The summed E-state index contributed by atoms with van der Waals surface area (Å²) in [4.78, 5) is 22.9. The van der Waals surface area contributed by atoms with Crippen molar-refractivity contribution >= 4 is 29.2 Å². The van der Waals surface area contributed by atoms with Crippen LogP contribution in [-0.2, 0) is 4.79 Å². The Hall–Kier alpha value is -1.59. The Morgan fingerprint density at radius 3 is 2.79 bits per heavy atom.